The minimum absolute atomic E-state index is 0.404. The van der Waals surface area contributed by atoms with Gasteiger partial charge in [0.2, 0.25) is 0 Å². The van der Waals surface area contributed by atoms with Crippen molar-refractivity contribution in [3.05, 3.63) is 12.1 Å². The number of hydrogen-bond donors (Lipinski definition) is 3. The van der Waals surface area contributed by atoms with Gasteiger partial charge in [0.25, 0.3) is 0 Å². The van der Waals surface area contributed by atoms with Gasteiger partial charge < -0.3 is 16.8 Å². The number of nitrogen functional groups attached to an aromatic ring is 2. The van der Waals surface area contributed by atoms with Gasteiger partial charge in [-0.3, -0.25) is 0 Å². The van der Waals surface area contributed by atoms with Crippen molar-refractivity contribution in [2.75, 3.05) is 23.3 Å². The molecule has 0 unspecified atom stereocenters. The van der Waals surface area contributed by atoms with E-state index >= 15 is 0 Å². The molecule has 0 bridgehead atoms. The Morgan fingerprint density at radius 3 is 2.79 bits per heavy atom. The third kappa shape index (κ3) is 2.28. The number of anilines is 3. The van der Waals surface area contributed by atoms with Crippen LogP contribution in [0.4, 0.5) is 17.3 Å². The molecule has 0 radical (unpaired) electrons. The van der Waals surface area contributed by atoms with Crippen molar-refractivity contribution < 1.29 is 0 Å². The second kappa shape index (κ2) is 3.74. The van der Waals surface area contributed by atoms with Crippen LogP contribution in [0.5, 0.6) is 0 Å². The minimum Gasteiger partial charge on any atom is -0.396 e. The Labute approximate surface area is 83.7 Å². The largest absolute Gasteiger partial charge is 0.396 e. The van der Waals surface area contributed by atoms with Crippen LogP contribution in [-0.2, 0) is 0 Å². The molecule has 1 saturated carbocycles. The average molecular weight is 192 g/mol. The van der Waals surface area contributed by atoms with Crippen molar-refractivity contribution in [3.63, 3.8) is 0 Å². The zero-order valence-electron chi connectivity index (χ0n) is 8.16. The highest BCUT2D eigenvalue weighted by molar-refractivity contribution is 5.61. The molecule has 0 atom stereocenters. The first-order valence-electron chi connectivity index (χ1n) is 5.01. The van der Waals surface area contributed by atoms with Crippen molar-refractivity contribution in [1.82, 2.24) is 4.98 Å². The third-order valence-electron chi connectivity index (χ3n) is 2.51. The van der Waals surface area contributed by atoms with Crippen LogP contribution >= 0.6 is 0 Å². The lowest BCUT2D eigenvalue weighted by atomic mass is 10.3. The van der Waals surface area contributed by atoms with Gasteiger partial charge in [0.05, 0.1) is 5.69 Å². The van der Waals surface area contributed by atoms with Gasteiger partial charge in [0.15, 0.2) is 0 Å². The monoisotopic (exact) mass is 192 g/mol. The van der Waals surface area contributed by atoms with Crippen molar-refractivity contribution in [1.29, 1.82) is 0 Å². The first-order valence-corrected chi connectivity index (χ1v) is 5.01. The molecule has 0 aliphatic heterocycles. The van der Waals surface area contributed by atoms with Crippen LogP contribution in [0.15, 0.2) is 12.1 Å². The molecule has 4 heteroatoms. The molecule has 14 heavy (non-hydrogen) atoms. The summed E-state index contributed by atoms with van der Waals surface area (Å²) in [6.07, 6.45) is 4.00. The summed E-state index contributed by atoms with van der Waals surface area (Å²) in [6, 6.07) is 3.64. The Morgan fingerprint density at radius 1 is 1.36 bits per heavy atom. The number of pyridine rings is 1. The van der Waals surface area contributed by atoms with E-state index in [-0.39, 0.29) is 0 Å². The van der Waals surface area contributed by atoms with Gasteiger partial charge in [-0.2, -0.15) is 0 Å². The highest BCUT2D eigenvalue weighted by Gasteiger charge is 2.20. The molecule has 1 aromatic heterocycles. The highest BCUT2D eigenvalue weighted by Crippen LogP contribution is 2.32. The lowest BCUT2D eigenvalue weighted by molar-refractivity contribution is 0.758. The zero-order valence-corrected chi connectivity index (χ0v) is 8.16. The maximum Gasteiger partial charge on any atom is 0.149 e. The van der Waals surface area contributed by atoms with Gasteiger partial charge in [0, 0.05) is 6.54 Å². The summed E-state index contributed by atoms with van der Waals surface area (Å²) in [4.78, 5) is 4.13. The van der Waals surface area contributed by atoms with Gasteiger partial charge in [-0.1, -0.05) is 12.8 Å². The van der Waals surface area contributed by atoms with E-state index in [2.05, 4.69) is 10.3 Å². The molecule has 1 aliphatic carbocycles. The van der Waals surface area contributed by atoms with Crippen LogP contribution in [0.1, 0.15) is 19.3 Å². The Kier molecular flexibility index (Phi) is 2.43. The summed E-state index contributed by atoms with van der Waals surface area (Å²) in [6.45, 7) is 0.973. The number of nitrogens with two attached hydrogens (primary N) is 2. The summed E-state index contributed by atoms with van der Waals surface area (Å²) >= 11 is 0. The molecule has 1 aliphatic rings. The first-order chi connectivity index (χ1) is 6.75. The fourth-order valence-electron chi connectivity index (χ4n) is 1.40. The molecule has 1 heterocycles. The predicted octanol–water partition coefficient (Wildman–Crippen LogP) is 1.46. The molecule has 0 amide bonds. The normalized spacial score (nSPS) is 15.4. The van der Waals surface area contributed by atoms with Crippen molar-refractivity contribution >= 4 is 17.3 Å². The lowest BCUT2D eigenvalue weighted by Crippen LogP contribution is -2.06. The average Bonchev–Trinajstić information content (AvgIpc) is 2.95. The molecule has 0 saturated heterocycles. The maximum atomic E-state index is 5.59. The summed E-state index contributed by atoms with van der Waals surface area (Å²) in [5, 5.41) is 3.24. The molecule has 0 spiro atoms. The minimum atomic E-state index is 0.404. The predicted molar refractivity (Wildman–Crippen MR) is 58.9 cm³/mol. The Hall–Kier alpha value is -1.45. The van der Waals surface area contributed by atoms with Crippen molar-refractivity contribution in [3.8, 4) is 0 Å². The molecule has 4 nitrogen and oxygen atoms in total. The third-order valence-corrected chi connectivity index (χ3v) is 2.51. The first kappa shape index (κ1) is 9.12. The lowest BCUT2D eigenvalue weighted by Gasteiger charge is -2.06. The van der Waals surface area contributed by atoms with Crippen LogP contribution in [0.25, 0.3) is 0 Å². The SMILES string of the molecule is Nc1ccc(NCCC2CC2)nc1N. The van der Waals surface area contributed by atoms with E-state index in [0.29, 0.717) is 11.5 Å². The topological polar surface area (TPSA) is 77.0 Å². The molecule has 76 valence electrons. The number of aromatic nitrogens is 1. The summed E-state index contributed by atoms with van der Waals surface area (Å²) in [7, 11) is 0. The molecule has 1 aromatic rings. The Balaban J connectivity index is 1.85. The molecular formula is C10H16N4. The van der Waals surface area contributed by atoms with Crippen LogP contribution in [0, 0.1) is 5.92 Å². The van der Waals surface area contributed by atoms with E-state index < -0.39 is 0 Å². The van der Waals surface area contributed by atoms with Gasteiger partial charge in [0.1, 0.15) is 11.6 Å². The summed E-state index contributed by atoms with van der Waals surface area (Å²) in [5.41, 5.74) is 11.7. The van der Waals surface area contributed by atoms with E-state index in [1.54, 1.807) is 6.07 Å². The number of rotatable bonds is 4. The maximum absolute atomic E-state index is 5.59. The molecule has 5 N–H and O–H groups in total. The van der Waals surface area contributed by atoms with Gasteiger partial charge >= 0.3 is 0 Å². The highest BCUT2D eigenvalue weighted by atomic mass is 15.0. The van der Waals surface area contributed by atoms with Crippen LogP contribution in [0.3, 0.4) is 0 Å². The second-order valence-corrected chi connectivity index (χ2v) is 3.83. The van der Waals surface area contributed by atoms with Crippen molar-refractivity contribution in [2.24, 2.45) is 5.92 Å². The van der Waals surface area contributed by atoms with E-state index in [0.717, 1.165) is 18.3 Å². The Bertz CT molecular complexity index is 320. The van der Waals surface area contributed by atoms with Gasteiger partial charge in [-0.05, 0) is 24.5 Å². The Morgan fingerprint density at radius 2 is 2.14 bits per heavy atom. The summed E-state index contributed by atoms with van der Waals surface area (Å²) in [5.74, 6) is 2.16. The molecular weight excluding hydrogens is 176 g/mol. The number of nitrogens with zero attached hydrogens (tertiary/aromatic N) is 1. The smallest absolute Gasteiger partial charge is 0.149 e. The van der Waals surface area contributed by atoms with Crippen LogP contribution < -0.4 is 16.8 Å². The second-order valence-electron chi connectivity index (χ2n) is 3.83. The fraction of sp³-hybridized carbons (Fsp3) is 0.500. The van der Waals surface area contributed by atoms with E-state index in [4.69, 9.17) is 11.5 Å². The van der Waals surface area contributed by atoms with Crippen LogP contribution in [-0.4, -0.2) is 11.5 Å². The molecule has 0 aromatic carbocycles. The molecule has 2 rings (SSSR count). The van der Waals surface area contributed by atoms with Crippen LogP contribution in [0.2, 0.25) is 0 Å². The number of nitrogens with one attached hydrogen (secondary N) is 1. The quantitative estimate of drug-likeness (QED) is 0.675. The fourth-order valence-corrected chi connectivity index (χ4v) is 1.40. The van der Waals surface area contributed by atoms with Gasteiger partial charge in [-0.15, -0.1) is 0 Å². The molecule has 1 fully saturated rings. The summed E-state index contributed by atoms with van der Waals surface area (Å²) < 4.78 is 0. The van der Waals surface area contributed by atoms with E-state index in [9.17, 15) is 0 Å². The zero-order chi connectivity index (χ0) is 9.97. The van der Waals surface area contributed by atoms with E-state index in [1.807, 2.05) is 6.07 Å². The van der Waals surface area contributed by atoms with Gasteiger partial charge in [-0.25, -0.2) is 4.98 Å². The standard InChI is InChI=1S/C10H16N4/c11-8-3-4-9(14-10(8)12)13-6-5-7-1-2-7/h3-4,7H,1-2,5-6,11H2,(H3,12,13,14). The number of hydrogen-bond acceptors (Lipinski definition) is 4. The van der Waals surface area contributed by atoms with Crippen molar-refractivity contribution in [2.45, 2.75) is 19.3 Å². The van der Waals surface area contributed by atoms with E-state index in [1.165, 1.54) is 19.3 Å².